The highest BCUT2D eigenvalue weighted by Gasteiger charge is 2.28. The Morgan fingerprint density at radius 1 is 1.44 bits per heavy atom. The van der Waals surface area contributed by atoms with Gasteiger partial charge in [0.1, 0.15) is 5.82 Å². The van der Waals surface area contributed by atoms with Gasteiger partial charge in [-0.2, -0.15) is 0 Å². The van der Waals surface area contributed by atoms with Gasteiger partial charge in [0.2, 0.25) is 0 Å². The molecule has 0 bridgehead atoms. The third kappa shape index (κ3) is 2.83. The highest BCUT2D eigenvalue weighted by molar-refractivity contribution is 5.48. The predicted octanol–water partition coefficient (Wildman–Crippen LogP) is 2.99. The zero-order chi connectivity index (χ0) is 13.2. The van der Waals surface area contributed by atoms with Crippen molar-refractivity contribution in [1.82, 2.24) is 10.3 Å². The van der Waals surface area contributed by atoms with E-state index in [9.17, 15) is 0 Å². The molecule has 1 aliphatic heterocycles. The van der Waals surface area contributed by atoms with Crippen LogP contribution in [0.5, 0.6) is 0 Å². The van der Waals surface area contributed by atoms with Gasteiger partial charge in [0.15, 0.2) is 0 Å². The summed E-state index contributed by atoms with van der Waals surface area (Å²) in [5.41, 5.74) is 1.70. The third-order valence-corrected chi connectivity index (χ3v) is 3.92. The normalized spacial score (nSPS) is 20.8. The molecule has 2 heterocycles. The fourth-order valence-electron chi connectivity index (χ4n) is 2.77. The van der Waals surface area contributed by atoms with Crippen LogP contribution in [0.25, 0.3) is 0 Å². The van der Waals surface area contributed by atoms with Crippen molar-refractivity contribution >= 4 is 5.82 Å². The van der Waals surface area contributed by atoms with E-state index in [4.69, 9.17) is 0 Å². The molecule has 1 aromatic rings. The van der Waals surface area contributed by atoms with E-state index in [1.807, 2.05) is 19.3 Å². The summed E-state index contributed by atoms with van der Waals surface area (Å²) in [6.45, 7) is 9.12. The van der Waals surface area contributed by atoms with Gasteiger partial charge in [0, 0.05) is 30.9 Å². The van der Waals surface area contributed by atoms with Crippen molar-refractivity contribution in [2.75, 3.05) is 25.0 Å². The molecule has 0 aromatic carbocycles. The zero-order valence-electron chi connectivity index (χ0n) is 12.0. The van der Waals surface area contributed by atoms with E-state index in [2.05, 4.69) is 42.0 Å². The Morgan fingerprint density at radius 3 is 2.89 bits per heavy atom. The number of nitrogens with one attached hydrogen (secondary N) is 1. The monoisotopic (exact) mass is 247 g/mol. The van der Waals surface area contributed by atoms with Gasteiger partial charge in [0.05, 0.1) is 0 Å². The van der Waals surface area contributed by atoms with E-state index >= 15 is 0 Å². The minimum absolute atomic E-state index is 0.346. The second kappa shape index (κ2) is 5.27. The standard InChI is InChI=1S/C15H25N3/c1-12(16-4)13-7-5-9-17-14(13)18-10-6-8-15(2,3)11-18/h5,7,9,12,16H,6,8,10-11H2,1-4H3. The Balaban J connectivity index is 2.27. The molecular formula is C15H25N3. The summed E-state index contributed by atoms with van der Waals surface area (Å²) >= 11 is 0. The molecule has 0 spiro atoms. The summed E-state index contributed by atoms with van der Waals surface area (Å²) in [5, 5.41) is 3.31. The summed E-state index contributed by atoms with van der Waals surface area (Å²) in [6, 6.07) is 4.56. The number of hydrogen-bond donors (Lipinski definition) is 1. The van der Waals surface area contributed by atoms with Gasteiger partial charge in [-0.05, 0) is 38.3 Å². The lowest BCUT2D eigenvalue weighted by Crippen LogP contribution is -2.41. The van der Waals surface area contributed by atoms with Gasteiger partial charge in [-0.1, -0.05) is 19.9 Å². The van der Waals surface area contributed by atoms with Gasteiger partial charge in [-0.25, -0.2) is 4.98 Å². The van der Waals surface area contributed by atoms with Crippen LogP contribution in [0, 0.1) is 5.41 Å². The van der Waals surface area contributed by atoms with E-state index in [1.54, 1.807) is 0 Å². The minimum atomic E-state index is 0.346. The van der Waals surface area contributed by atoms with Crippen LogP contribution in [0.3, 0.4) is 0 Å². The molecule has 1 unspecified atom stereocenters. The Hall–Kier alpha value is -1.09. The predicted molar refractivity (Wildman–Crippen MR) is 76.9 cm³/mol. The smallest absolute Gasteiger partial charge is 0.133 e. The number of nitrogens with zero attached hydrogens (tertiary/aromatic N) is 2. The van der Waals surface area contributed by atoms with Crippen molar-refractivity contribution < 1.29 is 0 Å². The maximum absolute atomic E-state index is 4.62. The molecule has 0 aliphatic carbocycles. The largest absolute Gasteiger partial charge is 0.356 e. The van der Waals surface area contributed by atoms with Gasteiger partial charge >= 0.3 is 0 Å². The number of anilines is 1. The first-order chi connectivity index (χ1) is 8.53. The summed E-state index contributed by atoms with van der Waals surface area (Å²) in [6.07, 6.45) is 4.48. The molecule has 2 rings (SSSR count). The van der Waals surface area contributed by atoms with Gasteiger partial charge in [-0.3, -0.25) is 0 Å². The summed E-state index contributed by atoms with van der Waals surface area (Å²) in [4.78, 5) is 7.07. The molecule has 100 valence electrons. The van der Waals surface area contributed by atoms with Crippen LogP contribution in [0.1, 0.15) is 45.2 Å². The lowest BCUT2D eigenvalue weighted by atomic mass is 9.84. The topological polar surface area (TPSA) is 28.2 Å². The summed E-state index contributed by atoms with van der Waals surface area (Å²) in [5.74, 6) is 1.16. The van der Waals surface area contributed by atoms with Crippen molar-refractivity contribution in [1.29, 1.82) is 0 Å². The number of aromatic nitrogens is 1. The minimum Gasteiger partial charge on any atom is -0.356 e. The Bertz CT molecular complexity index is 400. The highest BCUT2D eigenvalue weighted by atomic mass is 15.2. The van der Waals surface area contributed by atoms with Crippen LogP contribution in [0.2, 0.25) is 0 Å². The van der Waals surface area contributed by atoms with Gasteiger partial charge in [-0.15, -0.1) is 0 Å². The number of piperidine rings is 1. The molecule has 3 heteroatoms. The molecule has 1 fully saturated rings. The maximum atomic E-state index is 4.62. The van der Waals surface area contributed by atoms with E-state index in [0.29, 0.717) is 11.5 Å². The molecular weight excluding hydrogens is 222 g/mol. The van der Waals surface area contributed by atoms with Gasteiger partial charge in [0.25, 0.3) is 0 Å². The first-order valence-corrected chi connectivity index (χ1v) is 6.91. The summed E-state index contributed by atoms with van der Waals surface area (Å²) in [7, 11) is 2.00. The van der Waals surface area contributed by atoms with Gasteiger partial charge < -0.3 is 10.2 Å². The fraction of sp³-hybridized carbons (Fsp3) is 0.667. The van der Waals surface area contributed by atoms with Crippen LogP contribution in [-0.2, 0) is 0 Å². The van der Waals surface area contributed by atoms with Crippen molar-refractivity contribution in [2.24, 2.45) is 5.41 Å². The van der Waals surface area contributed by atoms with E-state index in [1.165, 1.54) is 18.4 Å². The number of hydrogen-bond acceptors (Lipinski definition) is 3. The molecule has 1 N–H and O–H groups in total. The Morgan fingerprint density at radius 2 is 2.22 bits per heavy atom. The molecule has 1 aliphatic rings. The molecule has 0 amide bonds. The highest BCUT2D eigenvalue weighted by Crippen LogP contribution is 2.33. The van der Waals surface area contributed by atoms with Crippen molar-refractivity contribution in [3.63, 3.8) is 0 Å². The number of rotatable bonds is 3. The van der Waals surface area contributed by atoms with Crippen molar-refractivity contribution in [3.05, 3.63) is 23.9 Å². The quantitative estimate of drug-likeness (QED) is 0.890. The molecule has 18 heavy (non-hydrogen) atoms. The lowest BCUT2D eigenvalue weighted by molar-refractivity contribution is 0.291. The molecule has 3 nitrogen and oxygen atoms in total. The van der Waals surface area contributed by atoms with Crippen molar-refractivity contribution in [3.8, 4) is 0 Å². The maximum Gasteiger partial charge on any atom is 0.133 e. The average molecular weight is 247 g/mol. The molecule has 0 saturated carbocycles. The van der Waals surface area contributed by atoms with E-state index in [-0.39, 0.29) is 0 Å². The van der Waals surface area contributed by atoms with E-state index < -0.39 is 0 Å². The molecule has 1 aromatic heterocycles. The Kier molecular flexibility index (Phi) is 3.91. The first kappa shape index (κ1) is 13.3. The first-order valence-electron chi connectivity index (χ1n) is 6.91. The number of pyridine rings is 1. The molecule has 0 radical (unpaired) electrons. The Labute approximate surface area is 111 Å². The second-order valence-corrected chi connectivity index (χ2v) is 6.12. The lowest BCUT2D eigenvalue weighted by Gasteiger charge is -2.39. The second-order valence-electron chi connectivity index (χ2n) is 6.12. The molecule has 1 saturated heterocycles. The van der Waals surface area contributed by atoms with Crippen LogP contribution in [0.15, 0.2) is 18.3 Å². The fourth-order valence-corrected chi connectivity index (χ4v) is 2.77. The van der Waals surface area contributed by atoms with Crippen LogP contribution >= 0.6 is 0 Å². The van der Waals surface area contributed by atoms with Crippen molar-refractivity contribution in [2.45, 2.75) is 39.7 Å². The summed E-state index contributed by atoms with van der Waals surface area (Å²) < 4.78 is 0. The molecule has 1 atom stereocenters. The van der Waals surface area contributed by atoms with E-state index in [0.717, 1.165) is 18.9 Å². The van der Waals surface area contributed by atoms with Crippen LogP contribution in [0.4, 0.5) is 5.82 Å². The zero-order valence-corrected chi connectivity index (χ0v) is 12.0. The van der Waals surface area contributed by atoms with Crippen LogP contribution in [-0.4, -0.2) is 25.1 Å². The van der Waals surface area contributed by atoms with Crippen LogP contribution < -0.4 is 10.2 Å². The SMILES string of the molecule is CNC(C)c1cccnc1N1CCCC(C)(C)C1. The average Bonchev–Trinajstić information content (AvgIpc) is 2.36. The third-order valence-electron chi connectivity index (χ3n) is 3.92.